The van der Waals surface area contributed by atoms with Crippen LogP contribution in [-0.2, 0) is 10.3 Å². The van der Waals surface area contributed by atoms with Gasteiger partial charge in [0.15, 0.2) is 0 Å². The first-order valence-electron chi connectivity index (χ1n) is 5.26. The summed E-state index contributed by atoms with van der Waals surface area (Å²) in [4.78, 5) is 14.5. The standard InChI is InChI=1S/C12H12ClNO2/c13-10-7-9(3-4-11(10)16)12(14-8-15)5-1-2-6-12/h3-4,7,16H,1-2,5-6H2. The maximum absolute atomic E-state index is 10.5. The van der Waals surface area contributed by atoms with Gasteiger partial charge in [-0.05, 0) is 30.5 Å². The predicted octanol–water partition coefficient (Wildman–Crippen LogP) is 3.15. The molecule has 1 aromatic rings. The van der Waals surface area contributed by atoms with E-state index in [0.29, 0.717) is 5.02 Å². The zero-order chi connectivity index (χ0) is 11.6. The van der Waals surface area contributed by atoms with E-state index in [1.165, 1.54) is 6.07 Å². The molecule has 0 saturated heterocycles. The minimum atomic E-state index is -0.473. The van der Waals surface area contributed by atoms with Gasteiger partial charge < -0.3 is 5.11 Å². The number of benzene rings is 1. The number of hydrogen-bond donors (Lipinski definition) is 1. The molecule has 2 rings (SSSR count). The van der Waals surface area contributed by atoms with E-state index in [1.807, 2.05) is 0 Å². The van der Waals surface area contributed by atoms with E-state index in [4.69, 9.17) is 11.6 Å². The van der Waals surface area contributed by atoms with Gasteiger partial charge in [0.2, 0.25) is 6.08 Å². The van der Waals surface area contributed by atoms with Crippen molar-refractivity contribution >= 4 is 17.7 Å². The van der Waals surface area contributed by atoms with Crippen LogP contribution in [0.2, 0.25) is 5.02 Å². The van der Waals surface area contributed by atoms with Crippen molar-refractivity contribution < 1.29 is 9.90 Å². The summed E-state index contributed by atoms with van der Waals surface area (Å²) < 4.78 is 0. The number of halogens is 1. The molecule has 0 bridgehead atoms. The van der Waals surface area contributed by atoms with Crippen molar-refractivity contribution in [3.8, 4) is 5.75 Å². The van der Waals surface area contributed by atoms with Gasteiger partial charge in [-0.3, -0.25) is 0 Å². The molecule has 1 aliphatic rings. The molecule has 0 atom stereocenters. The summed E-state index contributed by atoms with van der Waals surface area (Å²) in [5.74, 6) is 0.0497. The third kappa shape index (κ3) is 1.84. The minimum absolute atomic E-state index is 0.0497. The molecule has 84 valence electrons. The van der Waals surface area contributed by atoms with Gasteiger partial charge in [0.05, 0.1) is 10.6 Å². The van der Waals surface area contributed by atoms with Crippen LogP contribution < -0.4 is 0 Å². The van der Waals surface area contributed by atoms with Gasteiger partial charge in [-0.1, -0.05) is 30.5 Å². The Morgan fingerprint density at radius 1 is 1.38 bits per heavy atom. The molecule has 1 saturated carbocycles. The van der Waals surface area contributed by atoms with E-state index >= 15 is 0 Å². The number of rotatable bonds is 2. The summed E-state index contributed by atoms with van der Waals surface area (Å²) in [6, 6.07) is 4.99. The molecule has 3 nitrogen and oxygen atoms in total. The average Bonchev–Trinajstić information content (AvgIpc) is 2.72. The van der Waals surface area contributed by atoms with Crippen LogP contribution in [0.4, 0.5) is 0 Å². The third-order valence-electron chi connectivity index (χ3n) is 3.18. The van der Waals surface area contributed by atoms with E-state index in [2.05, 4.69) is 4.99 Å². The highest BCUT2D eigenvalue weighted by Gasteiger charge is 2.35. The molecule has 0 amide bonds. The molecule has 0 aliphatic heterocycles. The number of aliphatic imine (C=N–C) groups is 1. The first-order valence-corrected chi connectivity index (χ1v) is 5.64. The van der Waals surface area contributed by atoms with Gasteiger partial charge in [-0.15, -0.1) is 0 Å². The SMILES string of the molecule is O=C=NC1(c2ccc(O)c(Cl)c2)CCCC1. The number of phenols is 1. The zero-order valence-electron chi connectivity index (χ0n) is 8.74. The molecule has 0 unspecified atom stereocenters. The Hall–Kier alpha value is -1.31. The van der Waals surface area contributed by atoms with Crippen LogP contribution in [-0.4, -0.2) is 11.2 Å². The van der Waals surface area contributed by atoms with Crippen molar-refractivity contribution in [3.63, 3.8) is 0 Å². The largest absolute Gasteiger partial charge is 0.506 e. The molecular formula is C12H12ClNO2. The summed E-state index contributed by atoms with van der Waals surface area (Å²) >= 11 is 5.86. The Balaban J connectivity index is 2.47. The molecule has 1 fully saturated rings. The van der Waals surface area contributed by atoms with Crippen LogP contribution in [0.1, 0.15) is 31.2 Å². The fourth-order valence-corrected chi connectivity index (χ4v) is 2.49. The van der Waals surface area contributed by atoms with Crippen molar-refractivity contribution in [2.24, 2.45) is 4.99 Å². The van der Waals surface area contributed by atoms with Gasteiger partial charge in [0.25, 0.3) is 0 Å². The molecule has 16 heavy (non-hydrogen) atoms. The van der Waals surface area contributed by atoms with Crippen molar-refractivity contribution in [2.45, 2.75) is 31.2 Å². The first kappa shape index (κ1) is 11.2. The van der Waals surface area contributed by atoms with Crippen molar-refractivity contribution in [3.05, 3.63) is 28.8 Å². The van der Waals surface area contributed by atoms with Crippen LogP contribution in [0.25, 0.3) is 0 Å². The lowest BCUT2D eigenvalue weighted by atomic mass is 9.89. The highest BCUT2D eigenvalue weighted by molar-refractivity contribution is 6.32. The van der Waals surface area contributed by atoms with Gasteiger partial charge in [0, 0.05) is 0 Å². The van der Waals surface area contributed by atoms with E-state index < -0.39 is 5.54 Å². The quantitative estimate of drug-likeness (QED) is 0.635. The zero-order valence-corrected chi connectivity index (χ0v) is 9.50. The van der Waals surface area contributed by atoms with Crippen LogP contribution in [0.3, 0.4) is 0 Å². The summed E-state index contributed by atoms with van der Waals surface area (Å²) in [6.45, 7) is 0. The van der Waals surface area contributed by atoms with E-state index in [9.17, 15) is 9.90 Å². The fraction of sp³-hybridized carbons (Fsp3) is 0.417. The smallest absolute Gasteiger partial charge is 0.235 e. The molecule has 0 heterocycles. The Labute approximate surface area is 98.8 Å². The molecule has 0 radical (unpaired) electrons. The second kappa shape index (κ2) is 4.28. The lowest BCUT2D eigenvalue weighted by molar-refractivity contribution is 0.451. The predicted molar refractivity (Wildman–Crippen MR) is 61.4 cm³/mol. The number of isocyanates is 1. The summed E-state index contributed by atoms with van der Waals surface area (Å²) in [7, 11) is 0. The highest BCUT2D eigenvalue weighted by Crippen LogP contribution is 2.43. The molecule has 1 aliphatic carbocycles. The number of hydrogen-bond acceptors (Lipinski definition) is 3. The third-order valence-corrected chi connectivity index (χ3v) is 3.48. The maximum Gasteiger partial charge on any atom is 0.235 e. The average molecular weight is 238 g/mol. The fourth-order valence-electron chi connectivity index (χ4n) is 2.31. The van der Waals surface area contributed by atoms with Crippen LogP contribution in [0.5, 0.6) is 5.75 Å². The lowest BCUT2D eigenvalue weighted by Crippen LogP contribution is -2.18. The van der Waals surface area contributed by atoms with Gasteiger partial charge in [0.1, 0.15) is 5.75 Å². The second-order valence-corrected chi connectivity index (χ2v) is 4.52. The summed E-state index contributed by atoms with van der Waals surface area (Å²) in [6.07, 6.45) is 5.42. The Bertz CT molecular complexity index is 446. The summed E-state index contributed by atoms with van der Waals surface area (Å²) in [5, 5.41) is 9.66. The number of carbonyl (C=O) groups excluding carboxylic acids is 1. The summed E-state index contributed by atoms with van der Waals surface area (Å²) in [5.41, 5.74) is 0.412. The minimum Gasteiger partial charge on any atom is -0.506 e. The van der Waals surface area contributed by atoms with Crippen LogP contribution in [0, 0.1) is 0 Å². The monoisotopic (exact) mass is 237 g/mol. The Morgan fingerprint density at radius 2 is 2.06 bits per heavy atom. The Morgan fingerprint density at radius 3 is 2.62 bits per heavy atom. The van der Waals surface area contributed by atoms with E-state index in [-0.39, 0.29) is 5.75 Å². The number of aromatic hydroxyl groups is 1. The topological polar surface area (TPSA) is 49.7 Å². The Kier molecular flexibility index (Phi) is 2.99. The van der Waals surface area contributed by atoms with Crippen molar-refractivity contribution in [2.75, 3.05) is 0 Å². The van der Waals surface area contributed by atoms with Gasteiger partial charge in [-0.2, -0.15) is 4.99 Å². The van der Waals surface area contributed by atoms with Crippen molar-refractivity contribution in [1.82, 2.24) is 0 Å². The molecule has 4 heteroatoms. The van der Waals surface area contributed by atoms with Crippen molar-refractivity contribution in [1.29, 1.82) is 0 Å². The van der Waals surface area contributed by atoms with Gasteiger partial charge in [-0.25, -0.2) is 4.79 Å². The lowest BCUT2D eigenvalue weighted by Gasteiger charge is -2.23. The number of nitrogens with zero attached hydrogens (tertiary/aromatic N) is 1. The molecule has 1 N–H and O–H groups in total. The van der Waals surface area contributed by atoms with Gasteiger partial charge >= 0.3 is 0 Å². The molecule has 1 aromatic carbocycles. The molecular weight excluding hydrogens is 226 g/mol. The maximum atomic E-state index is 10.5. The number of phenolic OH excluding ortho intramolecular Hbond substituents is 1. The normalized spacial score (nSPS) is 18.1. The molecule has 0 spiro atoms. The second-order valence-electron chi connectivity index (χ2n) is 4.11. The van der Waals surface area contributed by atoms with Crippen LogP contribution in [0.15, 0.2) is 23.2 Å². The van der Waals surface area contributed by atoms with E-state index in [1.54, 1.807) is 18.2 Å². The molecule has 0 aromatic heterocycles. The first-order chi connectivity index (χ1) is 7.68. The van der Waals surface area contributed by atoms with E-state index in [0.717, 1.165) is 31.2 Å². The highest BCUT2D eigenvalue weighted by atomic mass is 35.5. The van der Waals surface area contributed by atoms with Crippen LogP contribution >= 0.6 is 11.6 Å².